The van der Waals surface area contributed by atoms with Crippen LogP contribution in [-0.2, 0) is 0 Å². The van der Waals surface area contributed by atoms with E-state index in [2.05, 4.69) is 32.3 Å². The van der Waals surface area contributed by atoms with Crippen molar-refractivity contribution in [3.05, 3.63) is 34.2 Å². The molecule has 0 saturated carbocycles. The molecule has 3 nitrogen and oxygen atoms in total. The Bertz CT molecular complexity index is 634. The van der Waals surface area contributed by atoms with Gasteiger partial charge >= 0.3 is 0 Å². The first kappa shape index (κ1) is 12.8. The maximum absolute atomic E-state index is 13.8. The summed E-state index contributed by atoms with van der Waals surface area (Å²) in [4.78, 5) is 4.00. The van der Waals surface area contributed by atoms with E-state index in [1.807, 2.05) is 6.92 Å². The molecule has 0 bridgehead atoms. The molecule has 5 heteroatoms. The number of fused-ring (bicyclic) bond motifs is 1. The molecule has 0 aliphatic heterocycles. The topological polar surface area (TPSA) is 48.7 Å². The number of aromatic nitrogens is 1. The van der Waals surface area contributed by atoms with Crippen molar-refractivity contribution < 1.29 is 4.39 Å². The molecule has 0 fully saturated rings. The summed E-state index contributed by atoms with van der Waals surface area (Å²) >= 11 is 3.25. The number of hydrogen-bond donors (Lipinski definition) is 1. The Balaban J connectivity index is 2.72. The second-order valence-electron chi connectivity index (χ2n) is 3.87. The van der Waals surface area contributed by atoms with Crippen molar-refractivity contribution in [3.63, 3.8) is 0 Å². The van der Waals surface area contributed by atoms with Gasteiger partial charge in [0.15, 0.2) is 5.82 Å². The molecule has 0 amide bonds. The van der Waals surface area contributed by atoms with E-state index in [0.29, 0.717) is 21.1 Å². The molecule has 1 heterocycles. The Morgan fingerprint density at radius 3 is 2.94 bits per heavy atom. The van der Waals surface area contributed by atoms with Crippen LogP contribution in [0.1, 0.15) is 18.9 Å². The minimum absolute atomic E-state index is 0.274. The predicted molar refractivity (Wildman–Crippen MR) is 72.9 cm³/mol. The van der Waals surface area contributed by atoms with Gasteiger partial charge in [0.1, 0.15) is 11.6 Å². The fourth-order valence-electron chi connectivity index (χ4n) is 1.75. The third-order valence-corrected chi connectivity index (χ3v) is 3.02. The van der Waals surface area contributed by atoms with Gasteiger partial charge in [0.05, 0.1) is 11.3 Å². The van der Waals surface area contributed by atoms with Crippen LogP contribution in [0.5, 0.6) is 0 Å². The van der Waals surface area contributed by atoms with E-state index >= 15 is 0 Å². The van der Waals surface area contributed by atoms with Crippen molar-refractivity contribution in [2.75, 3.05) is 11.9 Å². The van der Waals surface area contributed by atoms with Gasteiger partial charge in [-0.3, -0.25) is 4.98 Å². The highest BCUT2D eigenvalue weighted by Crippen LogP contribution is 2.30. The number of rotatable bonds is 3. The van der Waals surface area contributed by atoms with Crippen LogP contribution in [-0.4, -0.2) is 11.5 Å². The lowest BCUT2D eigenvalue weighted by molar-refractivity contribution is 0.636. The third-order valence-electron chi connectivity index (χ3n) is 2.56. The van der Waals surface area contributed by atoms with Gasteiger partial charge in [-0.15, -0.1) is 0 Å². The molecule has 1 aromatic carbocycles. The van der Waals surface area contributed by atoms with Crippen molar-refractivity contribution in [2.45, 2.75) is 13.3 Å². The van der Waals surface area contributed by atoms with Gasteiger partial charge in [0.25, 0.3) is 0 Å². The van der Waals surface area contributed by atoms with Gasteiger partial charge < -0.3 is 5.32 Å². The molecule has 1 aromatic heterocycles. The number of nitrogens with one attached hydrogen (secondary N) is 1. The van der Waals surface area contributed by atoms with Crippen molar-refractivity contribution >= 4 is 32.5 Å². The van der Waals surface area contributed by atoms with E-state index in [0.717, 1.165) is 13.0 Å². The number of halogens is 2. The Kier molecular flexibility index (Phi) is 3.78. The summed E-state index contributed by atoms with van der Waals surface area (Å²) in [5.74, 6) is -0.400. The van der Waals surface area contributed by atoms with Crippen LogP contribution in [0, 0.1) is 17.1 Å². The zero-order valence-corrected chi connectivity index (χ0v) is 11.4. The van der Waals surface area contributed by atoms with Crippen LogP contribution in [0.2, 0.25) is 0 Å². The first-order valence-corrected chi connectivity index (χ1v) is 6.38. The molecule has 0 aliphatic rings. The number of pyridine rings is 1. The summed E-state index contributed by atoms with van der Waals surface area (Å²) in [5, 5.41) is 12.9. The third kappa shape index (κ3) is 2.29. The van der Waals surface area contributed by atoms with E-state index in [4.69, 9.17) is 5.26 Å². The number of hydrogen-bond acceptors (Lipinski definition) is 3. The Labute approximate surface area is 113 Å². The minimum Gasteiger partial charge on any atom is -0.383 e. The second-order valence-corrected chi connectivity index (χ2v) is 4.78. The lowest BCUT2D eigenvalue weighted by atomic mass is 10.1. The van der Waals surface area contributed by atoms with E-state index in [9.17, 15) is 4.39 Å². The zero-order chi connectivity index (χ0) is 13.1. The monoisotopic (exact) mass is 307 g/mol. The van der Waals surface area contributed by atoms with Crippen molar-refractivity contribution in [2.24, 2.45) is 0 Å². The van der Waals surface area contributed by atoms with Crippen LogP contribution < -0.4 is 5.32 Å². The SMILES string of the molecule is CCCNc1c(C#N)cnc2c(F)cc(Br)cc12. The summed E-state index contributed by atoms with van der Waals surface area (Å²) in [6.07, 6.45) is 2.32. The van der Waals surface area contributed by atoms with E-state index in [-0.39, 0.29) is 5.52 Å². The molecular formula is C13H11BrFN3. The summed E-state index contributed by atoms with van der Waals surface area (Å²) in [5.41, 5.74) is 1.34. The van der Waals surface area contributed by atoms with Crippen molar-refractivity contribution in [1.29, 1.82) is 5.26 Å². The number of anilines is 1. The van der Waals surface area contributed by atoms with Gasteiger partial charge in [0, 0.05) is 22.6 Å². The van der Waals surface area contributed by atoms with Crippen LogP contribution in [0.4, 0.5) is 10.1 Å². The Hall–Kier alpha value is -1.67. The molecule has 2 aromatic rings. The molecule has 2 rings (SSSR count). The van der Waals surface area contributed by atoms with E-state index in [1.54, 1.807) is 6.07 Å². The molecule has 1 N–H and O–H groups in total. The molecular weight excluding hydrogens is 297 g/mol. The standard InChI is InChI=1S/C13H11BrFN3/c1-2-3-17-12-8(6-16)7-18-13-10(12)4-9(14)5-11(13)15/h4-5,7H,2-3H2,1H3,(H,17,18). The molecule has 0 spiro atoms. The average molecular weight is 308 g/mol. The predicted octanol–water partition coefficient (Wildman–Crippen LogP) is 3.83. The van der Waals surface area contributed by atoms with Crippen molar-refractivity contribution in [3.8, 4) is 6.07 Å². The smallest absolute Gasteiger partial charge is 0.150 e. The minimum atomic E-state index is -0.400. The first-order valence-electron chi connectivity index (χ1n) is 5.59. The summed E-state index contributed by atoms with van der Waals surface area (Å²) < 4.78 is 14.4. The van der Waals surface area contributed by atoms with Gasteiger partial charge in [-0.25, -0.2) is 4.39 Å². The average Bonchev–Trinajstić information content (AvgIpc) is 2.35. The molecule has 0 unspecified atom stereocenters. The Morgan fingerprint density at radius 1 is 1.50 bits per heavy atom. The molecule has 0 atom stereocenters. The highest BCUT2D eigenvalue weighted by molar-refractivity contribution is 9.10. The van der Waals surface area contributed by atoms with E-state index in [1.165, 1.54) is 12.3 Å². The highest BCUT2D eigenvalue weighted by atomic mass is 79.9. The van der Waals surface area contributed by atoms with E-state index < -0.39 is 5.82 Å². The lowest BCUT2D eigenvalue weighted by Gasteiger charge is -2.11. The van der Waals surface area contributed by atoms with Crippen LogP contribution in [0.15, 0.2) is 22.8 Å². The van der Waals surface area contributed by atoms with Crippen molar-refractivity contribution in [1.82, 2.24) is 4.98 Å². The fourth-order valence-corrected chi connectivity index (χ4v) is 2.18. The molecule has 18 heavy (non-hydrogen) atoms. The van der Waals surface area contributed by atoms with Gasteiger partial charge in [-0.05, 0) is 18.6 Å². The lowest BCUT2D eigenvalue weighted by Crippen LogP contribution is -2.04. The number of nitrogens with zero attached hydrogens (tertiary/aromatic N) is 2. The summed E-state index contributed by atoms with van der Waals surface area (Å²) in [6.45, 7) is 2.75. The van der Waals surface area contributed by atoms with Crippen LogP contribution in [0.3, 0.4) is 0 Å². The largest absolute Gasteiger partial charge is 0.383 e. The Morgan fingerprint density at radius 2 is 2.28 bits per heavy atom. The van der Waals surface area contributed by atoms with Crippen LogP contribution in [0.25, 0.3) is 10.9 Å². The number of benzene rings is 1. The van der Waals surface area contributed by atoms with Gasteiger partial charge in [-0.2, -0.15) is 5.26 Å². The fraction of sp³-hybridized carbons (Fsp3) is 0.231. The summed E-state index contributed by atoms with van der Waals surface area (Å²) in [6, 6.07) is 5.21. The molecule has 0 saturated heterocycles. The van der Waals surface area contributed by atoms with Gasteiger partial charge in [0.2, 0.25) is 0 Å². The molecule has 92 valence electrons. The molecule has 0 aliphatic carbocycles. The first-order chi connectivity index (χ1) is 8.67. The molecule has 0 radical (unpaired) electrons. The summed E-state index contributed by atoms with van der Waals surface area (Å²) in [7, 11) is 0. The normalized spacial score (nSPS) is 10.3. The zero-order valence-electron chi connectivity index (χ0n) is 9.80. The maximum atomic E-state index is 13.8. The maximum Gasteiger partial charge on any atom is 0.150 e. The number of nitriles is 1. The van der Waals surface area contributed by atoms with Crippen LogP contribution >= 0.6 is 15.9 Å². The second kappa shape index (κ2) is 5.32. The van der Waals surface area contributed by atoms with Gasteiger partial charge in [-0.1, -0.05) is 22.9 Å². The highest BCUT2D eigenvalue weighted by Gasteiger charge is 2.12. The quantitative estimate of drug-likeness (QED) is 0.937.